The maximum Gasteiger partial charge on any atom is 0.220 e. The van der Waals surface area contributed by atoms with Crippen LogP contribution >= 0.6 is 0 Å². The van der Waals surface area contributed by atoms with Crippen LogP contribution in [0.2, 0.25) is 0 Å². The molecule has 0 aromatic heterocycles. The molecule has 1 fully saturated rings. The van der Waals surface area contributed by atoms with Crippen molar-refractivity contribution in [1.29, 1.82) is 0 Å². The van der Waals surface area contributed by atoms with Crippen molar-refractivity contribution < 1.29 is 9.53 Å². The molecule has 0 bridgehead atoms. The molecule has 4 nitrogen and oxygen atoms in total. The molecule has 0 saturated carbocycles. The van der Waals surface area contributed by atoms with Gasteiger partial charge in [-0.05, 0) is 55.5 Å². The predicted molar refractivity (Wildman–Crippen MR) is 109 cm³/mol. The number of hydrogen-bond donors (Lipinski definition) is 1. The van der Waals surface area contributed by atoms with Crippen LogP contribution < -0.4 is 10.1 Å². The molecule has 1 atom stereocenters. The summed E-state index contributed by atoms with van der Waals surface area (Å²) < 4.78 is 5.17. The van der Waals surface area contributed by atoms with Gasteiger partial charge in [-0.15, -0.1) is 0 Å². The number of carbonyl (C=O) groups is 1. The Kier molecular flexibility index (Phi) is 7.28. The van der Waals surface area contributed by atoms with Crippen molar-refractivity contribution in [3.63, 3.8) is 0 Å². The Labute approximate surface area is 162 Å². The number of benzene rings is 2. The van der Waals surface area contributed by atoms with Crippen LogP contribution in [0.3, 0.4) is 0 Å². The number of amides is 1. The molecule has 2 aromatic rings. The zero-order valence-electron chi connectivity index (χ0n) is 16.2. The van der Waals surface area contributed by atoms with Gasteiger partial charge in [0.2, 0.25) is 5.91 Å². The zero-order valence-corrected chi connectivity index (χ0v) is 16.2. The van der Waals surface area contributed by atoms with Gasteiger partial charge in [-0.25, -0.2) is 0 Å². The van der Waals surface area contributed by atoms with Crippen LogP contribution in [-0.4, -0.2) is 43.6 Å². The van der Waals surface area contributed by atoms with E-state index >= 15 is 0 Å². The molecule has 1 saturated heterocycles. The standard InChI is InChI=1S/C23H30N2O2/c1-27-22-12-9-20(10-13-22)11-14-23(26)24-21-8-5-16-25(18-21)17-15-19-6-3-2-4-7-19/h2-4,6-7,9-10,12-13,21H,5,8,11,14-18H2,1H3,(H,24,26)/t21-/m1/s1. The molecule has 0 spiro atoms. The fraction of sp³-hybridized carbons (Fsp3) is 0.435. The maximum absolute atomic E-state index is 12.3. The summed E-state index contributed by atoms with van der Waals surface area (Å²) >= 11 is 0. The van der Waals surface area contributed by atoms with Crippen molar-refractivity contribution in [1.82, 2.24) is 10.2 Å². The van der Waals surface area contributed by atoms with Gasteiger partial charge in [0.1, 0.15) is 5.75 Å². The first-order chi connectivity index (χ1) is 13.2. The third-order valence-electron chi connectivity index (χ3n) is 5.23. The second-order valence-electron chi connectivity index (χ2n) is 7.29. The van der Waals surface area contributed by atoms with Crippen LogP contribution in [0.25, 0.3) is 0 Å². The molecular weight excluding hydrogens is 336 g/mol. The molecule has 1 aliphatic rings. The van der Waals surface area contributed by atoms with E-state index in [0.717, 1.165) is 51.1 Å². The highest BCUT2D eigenvalue weighted by Crippen LogP contribution is 2.14. The average molecular weight is 367 g/mol. The fourth-order valence-corrected chi connectivity index (χ4v) is 3.66. The Bertz CT molecular complexity index is 700. The van der Waals surface area contributed by atoms with Crippen LogP contribution in [0.5, 0.6) is 5.75 Å². The number of nitrogens with zero attached hydrogens (tertiary/aromatic N) is 1. The minimum absolute atomic E-state index is 0.153. The number of piperidine rings is 1. The summed E-state index contributed by atoms with van der Waals surface area (Å²) in [6, 6.07) is 18.8. The SMILES string of the molecule is COc1ccc(CCC(=O)N[C@@H]2CCCN(CCc3ccccc3)C2)cc1. The average Bonchev–Trinajstić information content (AvgIpc) is 2.72. The van der Waals surface area contributed by atoms with Crippen molar-refractivity contribution in [2.45, 2.75) is 38.1 Å². The molecule has 144 valence electrons. The number of likely N-dealkylation sites (tertiary alicyclic amines) is 1. The van der Waals surface area contributed by atoms with Gasteiger partial charge in [-0.1, -0.05) is 42.5 Å². The van der Waals surface area contributed by atoms with Gasteiger partial charge < -0.3 is 15.0 Å². The van der Waals surface area contributed by atoms with Gasteiger partial charge in [-0.2, -0.15) is 0 Å². The van der Waals surface area contributed by atoms with Gasteiger partial charge in [0.15, 0.2) is 0 Å². The summed E-state index contributed by atoms with van der Waals surface area (Å²) in [5, 5.41) is 3.23. The van der Waals surface area contributed by atoms with Crippen molar-refractivity contribution >= 4 is 5.91 Å². The zero-order chi connectivity index (χ0) is 18.9. The maximum atomic E-state index is 12.3. The lowest BCUT2D eigenvalue weighted by atomic mass is 10.0. The van der Waals surface area contributed by atoms with E-state index in [1.807, 2.05) is 24.3 Å². The lowest BCUT2D eigenvalue weighted by Gasteiger charge is -2.33. The minimum atomic E-state index is 0.153. The predicted octanol–water partition coefficient (Wildman–Crippen LogP) is 3.45. The molecule has 2 aromatic carbocycles. The van der Waals surface area contributed by atoms with E-state index in [1.165, 1.54) is 11.1 Å². The number of ether oxygens (including phenoxy) is 1. The smallest absolute Gasteiger partial charge is 0.220 e. The molecular formula is C23H30N2O2. The Morgan fingerprint density at radius 1 is 1.07 bits per heavy atom. The summed E-state index contributed by atoms with van der Waals surface area (Å²) in [6.07, 6.45) is 4.60. The molecule has 3 rings (SSSR count). The number of nitrogens with one attached hydrogen (secondary N) is 1. The molecule has 4 heteroatoms. The van der Waals surface area contributed by atoms with E-state index in [1.54, 1.807) is 7.11 Å². The highest BCUT2D eigenvalue weighted by Gasteiger charge is 2.21. The molecule has 0 aliphatic carbocycles. The van der Waals surface area contributed by atoms with E-state index in [9.17, 15) is 4.79 Å². The Balaban J connectivity index is 1.39. The molecule has 0 unspecified atom stereocenters. The second kappa shape index (κ2) is 10.1. The quantitative estimate of drug-likeness (QED) is 0.778. The molecule has 1 aliphatic heterocycles. The highest BCUT2D eigenvalue weighted by molar-refractivity contribution is 5.76. The molecule has 1 heterocycles. The van der Waals surface area contributed by atoms with Crippen LogP contribution in [0.4, 0.5) is 0 Å². The van der Waals surface area contributed by atoms with Gasteiger partial charge >= 0.3 is 0 Å². The minimum Gasteiger partial charge on any atom is -0.497 e. The van der Waals surface area contributed by atoms with Gasteiger partial charge in [0, 0.05) is 25.6 Å². The summed E-state index contributed by atoms with van der Waals surface area (Å²) in [6.45, 7) is 3.15. The van der Waals surface area contributed by atoms with Gasteiger partial charge in [0.05, 0.1) is 7.11 Å². The Hall–Kier alpha value is -2.33. The lowest BCUT2D eigenvalue weighted by molar-refractivity contribution is -0.122. The molecule has 1 N–H and O–H groups in total. The number of carbonyl (C=O) groups excluding carboxylic acids is 1. The first-order valence-electron chi connectivity index (χ1n) is 9.91. The van der Waals surface area contributed by atoms with E-state index < -0.39 is 0 Å². The van der Waals surface area contributed by atoms with Crippen LogP contribution in [-0.2, 0) is 17.6 Å². The first-order valence-corrected chi connectivity index (χ1v) is 9.91. The lowest BCUT2D eigenvalue weighted by Crippen LogP contribution is -2.48. The van der Waals surface area contributed by atoms with Crippen molar-refractivity contribution in [3.8, 4) is 5.75 Å². The largest absolute Gasteiger partial charge is 0.497 e. The van der Waals surface area contributed by atoms with E-state index in [0.29, 0.717) is 6.42 Å². The van der Waals surface area contributed by atoms with E-state index in [4.69, 9.17) is 4.74 Å². The Morgan fingerprint density at radius 2 is 1.81 bits per heavy atom. The molecule has 0 radical (unpaired) electrons. The van der Waals surface area contributed by atoms with Gasteiger partial charge in [-0.3, -0.25) is 4.79 Å². The van der Waals surface area contributed by atoms with Crippen LogP contribution in [0.1, 0.15) is 30.4 Å². The number of rotatable bonds is 8. The summed E-state index contributed by atoms with van der Waals surface area (Å²) in [5.74, 6) is 1.00. The summed E-state index contributed by atoms with van der Waals surface area (Å²) in [4.78, 5) is 14.8. The Morgan fingerprint density at radius 3 is 2.56 bits per heavy atom. The van der Waals surface area contributed by atoms with E-state index in [-0.39, 0.29) is 11.9 Å². The van der Waals surface area contributed by atoms with Crippen molar-refractivity contribution in [3.05, 3.63) is 65.7 Å². The van der Waals surface area contributed by atoms with E-state index in [2.05, 4.69) is 40.5 Å². The fourth-order valence-electron chi connectivity index (χ4n) is 3.66. The van der Waals surface area contributed by atoms with Gasteiger partial charge in [0.25, 0.3) is 0 Å². The monoisotopic (exact) mass is 366 g/mol. The van der Waals surface area contributed by atoms with Crippen molar-refractivity contribution in [2.75, 3.05) is 26.7 Å². The summed E-state index contributed by atoms with van der Waals surface area (Å²) in [7, 11) is 1.66. The topological polar surface area (TPSA) is 41.6 Å². The number of hydrogen-bond acceptors (Lipinski definition) is 3. The first kappa shape index (κ1) is 19.4. The summed E-state index contributed by atoms with van der Waals surface area (Å²) in [5.41, 5.74) is 2.54. The number of methoxy groups -OCH3 is 1. The third kappa shape index (κ3) is 6.40. The molecule has 27 heavy (non-hydrogen) atoms. The third-order valence-corrected chi connectivity index (χ3v) is 5.23. The normalized spacial score (nSPS) is 17.4. The van der Waals surface area contributed by atoms with Crippen molar-refractivity contribution in [2.24, 2.45) is 0 Å². The molecule has 1 amide bonds. The van der Waals surface area contributed by atoms with Crippen LogP contribution in [0.15, 0.2) is 54.6 Å². The second-order valence-corrected chi connectivity index (χ2v) is 7.29. The number of aryl methyl sites for hydroxylation is 1. The highest BCUT2D eigenvalue weighted by atomic mass is 16.5. The van der Waals surface area contributed by atoms with Crippen LogP contribution in [0, 0.1) is 0 Å².